The van der Waals surface area contributed by atoms with E-state index in [4.69, 9.17) is 4.42 Å². The molecular weight excluding hydrogens is 350 g/mol. The van der Waals surface area contributed by atoms with Crippen molar-refractivity contribution in [2.75, 3.05) is 5.32 Å². The van der Waals surface area contributed by atoms with Crippen molar-refractivity contribution in [2.24, 2.45) is 0 Å². The monoisotopic (exact) mass is 367 g/mol. The first-order valence-corrected chi connectivity index (χ1v) is 9.06. The van der Waals surface area contributed by atoms with Crippen LogP contribution in [-0.2, 0) is 0 Å². The second-order valence-electron chi connectivity index (χ2n) is 6.58. The molecular formula is C23H17N3O2. The molecule has 0 atom stereocenters. The fourth-order valence-electron chi connectivity index (χ4n) is 3.72. The van der Waals surface area contributed by atoms with Gasteiger partial charge in [-0.3, -0.25) is 4.98 Å². The molecule has 0 bridgehead atoms. The predicted octanol–water partition coefficient (Wildman–Crippen LogP) is 5.23. The summed E-state index contributed by atoms with van der Waals surface area (Å²) in [6.45, 7) is 0. The summed E-state index contributed by atoms with van der Waals surface area (Å²) in [5.41, 5.74) is 5.68. The minimum absolute atomic E-state index is 0.198. The third-order valence-electron chi connectivity index (χ3n) is 4.92. The molecule has 1 aliphatic carbocycles. The van der Waals surface area contributed by atoms with E-state index in [1.54, 1.807) is 30.7 Å². The first-order valence-electron chi connectivity index (χ1n) is 9.06. The zero-order chi connectivity index (χ0) is 18.9. The van der Waals surface area contributed by atoms with E-state index in [0.717, 1.165) is 22.3 Å². The number of carbonyl (C=O) groups is 1. The molecule has 4 aromatic rings. The maximum absolute atomic E-state index is 12.8. The average molecular weight is 367 g/mol. The molecule has 0 fully saturated rings. The Balaban J connectivity index is 1.43. The number of fused-ring (bicyclic) bond motifs is 3. The van der Waals surface area contributed by atoms with Crippen LogP contribution in [-0.4, -0.2) is 11.0 Å². The number of nitrogens with one attached hydrogen (secondary N) is 2. The van der Waals surface area contributed by atoms with Gasteiger partial charge in [-0.2, -0.15) is 0 Å². The highest BCUT2D eigenvalue weighted by atomic mass is 16.3. The van der Waals surface area contributed by atoms with Crippen LogP contribution in [0.5, 0.6) is 0 Å². The lowest BCUT2D eigenvalue weighted by atomic mass is 10.1. The summed E-state index contributed by atoms with van der Waals surface area (Å²) in [7, 11) is 0. The van der Waals surface area contributed by atoms with Crippen LogP contribution >= 0.6 is 0 Å². The van der Waals surface area contributed by atoms with Crippen LogP contribution in [0.1, 0.15) is 17.2 Å². The highest BCUT2D eigenvalue weighted by molar-refractivity contribution is 5.94. The largest absolute Gasteiger partial charge is 0.463 e. The van der Waals surface area contributed by atoms with Crippen molar-refractivity contribution < 1.29 is 9.21 Å². The van der Waals surface area contributed by atoms with Crippen LogP contribution in [0.3, 0.4) is 0 Å². The third kappa shape index (κ3) is 2.74. The van der Waals surface area contributed by atoms with Gasteiger partial charge in [-0.05, 0) is 46.5 Å². The van der Waals surface area contributed by atoms with Crippen LogP contribution in [0, 0.1) is 0 Å². The topological polar surface area (TPSA) is 67.2 Å². The molecule has 2 aromatic heterocycles. The van der Waals surface area contributed by atoms with Crippen molar-refractivity contribution in [3.63, 3.8) is 0 Å². The van der Waals surface area contributed by atoms with Crippen LogP contribution in [0.4, 0.5) is 10.5 Å². The molecule has 5 rings (SSSR count). The fraction of sp³-hybridized carbons (Fsp3) is 0.0435. The van der Waals surface area contributed by atoms with Gasteiger partial charge in [0.2, 0.25) is 0 Å². The van der Waals surface area contributed by atoms with Crippen molar-refractivity contribution in [3.05, 3.63) is 96.4 Å². The molecule has 5 heteroatoms. The maximum Gasteiger partial charge on any atom is 0.320 e. The minimum Gasteiger partial charge on any atom is -0.463 e. The van der Waals surface area contributed by atoms with Gasteiger partial charge in [-0.1, -0.05) is 48.5 Å². The Morgan fingerprint density at radius 3 is 2.25 bits per heavy atom. The Kier molecular flexibility index (Phi) is 3.91. The van der Waals surface area contributed by atoms with E-state index >= 15 is 0 Å². The Labute approximate surface area is 162 Å². The Morgan fingerprint density at radius 2 is 1.57 bits per heavy atom. The molecule has 28 heavy (non-hydrogen) atoms. The normalized spacial score (nSPS) is 12.3. The van der Waals surface area contributed by atoms with Crippen molar-refractivity contribution in [1.82, 2.24) is 10.3 Å². The smallest absolute Gasteiger partial charge is 0.320 e. The lowest BCUT2D eigenvalue weighted by Crippen LogP contribution is -2.32. The van der Waals surface area contributed by atoms with E-state index in [0.29, 0.717) is 17.1 Å². The average Bonchev–Trinajstić information content (AvgIpc) is 3.36. The van der Waals surface area contributed by atoms with E-state index in [1.165, 1.54) is 0 Å². The van der Waals surface area contributed by atoms with Gasteiger partial charge >= 0.3 is 6.03 Å². The Bertz CT molecular complexity index is 1110. The van der Waals surface area contributed by atoms with Gasteiger partial charge in [0, 0.05) is 6.20 Å². The zero-order valence-electron chi connectivity index (χ0n) is 14.9. The molecule has 2 heterocycles. The zero-order valence-corrected chi connectivity index (χ0v) is 14.9. The molecule has 0 saturated heterocycles. The molecule has 0 radical (unpaired) electrons. The Hall–Kier alpha value is -3.86. The van der Waals surface area contributed by atoms with E-state index in [-0.39, 0.29) is 12.1 Å². The minimum atomic E-state index is -0.294. The molecule has 5 nitrogen and oxygen atoms in total. The number of urea groups is 1. The van der Waals surface area contributed by atoms with Crippen molar-refractivity contribution in [2.45, 2.75) is 6.04 Å². The first-order chi connectivity index (χ1) is 13.8. The highest BCUT2D eigenvalue weighted by Gasteiger charge is 2.29. The second-order valence-corrected chi connectivity index (χ2v) is 6.58. The van der Waals surface area contributed by atoms with Crippen molar-refractivity contribution >= 4 is 11.7 Å². The summed E-state index contributed by atoms with van der Waals surface area (Å²) in [6, 6.07) is 23.0. The molecule has 2 aromatic carbocycles. The van der Waals surface area contributed by atoms with Gasteiger partial charge in [-0.25, -0.2) is 4.79 Å². The van der Waals surface area contributed by atoms with E-state index in [1.807, 2.05) is 30.3 Å². The van der Waals surface area contributed by atoms with Gasteiger partial charge in [-0.15, -0.1) is 0 Å². The molecule has 2 N–H and O–H groups in total. The van der Waals surface area contributed by atoms with Gasteiger partial charge < -0.3 is 15.1 Å². The number of hydrogen-bond donors (Lipinski definition) is 2. The molecule has 0 spiro atoms. The summed E-state index contributed by atoms with van der Waals surface area (Å²) >= 11 is 0. The molecule has 2 amide bonds. The number of anilines is 1. The molecule has 1 aliphatic rings. The lowest BCUT2D eigenvalue weighted by molar-refractivity contribution is 0.250. The van der Waals surface area contributed by atoms with E-state index < -0.39 is 0 Å². The number of aromatic nitrogens is 1. The molecule has 0 aliphatic heterocycles. The van der Waals surface area contributed by atoms with Gasteiger partial charge in [0.05, 0.1) is 18.0 Å². The SMILES string of the molecule is O=C(Nc1cccnc1-c1ccco1)NC1c2ccccc2-c2ccccc21. The molecule has 0 unspecified atom stereocenters. The number of carbonyl (C=O) groups excluding carboxylic acids is 1. The van der Waals surface area contributed by atoms with Gasteiger partial charge in [0.25, 0.3) is 0 Å². The second kappa shape index (κ2) is 6.70. The molecule has 136 valence electrons. The predicted molar refractivity (Wildman–Crippen MR) is 108 cm³/mol. The standard InChI is InChI=1S/C23H17N3O2/c27-23(25-19-11-5-13-24-22(19)20-12-6-14-28-20)26-21-17-9-3-1-7-15(17)16-8-2-4-10-18(16)21/h1-14,21H,(H2,25,26,27). The number of furan rings is 1. The van der Waals surface area contributed by atoms with Crippen LogP contribution < -0.4 is 10.6 Å². The highest BCUT2D eigenvalue weighted by Crippen LogP contribution is 2.43. The van der Waals surface area contributed by atoms with Crippen LogP contribution in [0.2, 0.25) is 0 Å². The number of rotatable bonds is 3. The van der Waals surface area contributed by atoms with Gasteiger partial charge in [0.1, 0.15) is 5.69 Å². The number of nitrogens with zero attached hydrogens (tertiary/aromatic N) is 1. The number of amides is 2. The molecule has 0 saturated carbocycles. The summed E-state index contributed by atoms with van der Waals surface area (Å²) in [5.74, 6) is 0.604. The number of pyridine rings is 1. The van der Waals surface area contributed by atoms with Crippen LogP contribution in [0.15, 0.2) is 89.7 Å². The number of hydrogen-bond acceptors (Lipinski definition) is 3. The van der Waals surface area contributed by atoms with Gasteiger partial charge in [0.15, 0.2) is 5.76 Å². The van der Waals surface area contributed by atoms with Crippen LogP contribution in [0.25, 0.3) is 22.6 Å². The first kappa shape index (κ1) is 16.3. The summed E-state index contributed by atoms with van der Waals surface area (Å²) in [5, 5.41) is 6.02. The summed E-state index contributed by atoms with van der Waals surface area (Å²) in [6.07, 6.45) is 3.25. The maximum atomic E-state index is 12.8. The quantitative estimate of drug-likeness (QED) is 0.521. The summed E-state index contributed by atoms with van der Waals surface area (Å²) < 4.78 is 5.43. The Morgan fingerprint density at radius 1 is 0.857 bits per heavy atom. The fourth-order valence-corrected chi connectivity index (χ4v) is 3.72. The number of benzene rings is 2. The van der Waals surface area contributed by atoms with E-state index in [2.05, 4.69) is 39.9 Å². The lowest BCUT2D eigenvalue weighted by Gasteiger charge is -2.17. The third-order valence-corrected chi connectivity index (χ3v) is 4.92. The van der Waals surface area contributed by atoms with E-state index in [9.17, 15) is 4.79 Å². The van der Waals surface area contributed by atoms with Crippen molar-refractivity contribution in [3.8, 4) is 22.6 Å². The summed E-state index contributed by atoms with van der Waals surface area (Å²) in [4.78, 5) is 17.2. The van der Waals surface area contributed by atoms with Crippen molar-refractivity contribution in [1.29, 1.82) is 0 Å².